The summed E-state index contributed by atoms with van der Waals surface area (Å²) in [5, 5.41) is 0. The van der Waals surface area contributed by atoms with Crippen LogP contribution in [0.2, 0.25) is 0 Å². The van der Waals surface area contributed by atoms with Crippen molar-refractivity contribution in [3.05, 3.63) is 0 Å². The molecule has 2 fully saturated rings. The molecule has 1 aliphatic heterocycles. The first-order chi connectivity index (χ1) is 9.06. The first-order valence-corrected chi connectivity index (χ1v) is 7.72. The maximum atomic E-state index is 12.4. The molecule has 2 N–H and O–H groups in total. The lowest BCUT2D eigenvalue weighted by molar-refractivity contribution is -0.136. The molecule has 118 valence electrons. The van der Waals surface area contributed by atoms with E-state index in [0.29, 0.717) is 11.8 Å². The number of ether oxygens (including phenoxy) is 1. The Morgan fingerprint density at radius 1 is 1.35 bits per heavy atom. The van der Waals surface area contributed by atoms with Gasteiger partial charge in [-0.05, 0) is 31.6 Å². The van der Waals surface area contributed by atoms with E-state index >= 15 is 0 Å². The summed E-state index contributed by atoms with van der Waals surface area (Å²) in [5.41, 5.74) is 5.97. The molecule has 0 aromatic rings. The van der Waals surface area contributed by atoms with Gasteiger partial charge in [0.05, 0.1) is 6.10 Å². The van der Waals surface area contributed by atoms with Gasteiger partial charge in [0, 0.05) is 31.7 Å². The fourth-order valence-corrected chi connectivity index (χ4v) is 3.10. The molecular weight excluding hydrogens is 276 g/mol. The van der Waals surface area contributed by atoms with Gasteiger partial charge in [0.1, 0.15) is 0 Å². The van der Waals surface area contributed by atoms with Gasteiger partial charge in [-0.1, -0.05) is 20.3 Å². The molecule has 2 aliphatic rings. The number of amides is 1. The highest BCUT2D eigenvalue weighted by Crippen LogP contribution is 2.26. The second-order valence-corrected chi connectivity index (χ2v) is 6.55. The maximum absolute atomic E-state index is 12.4. The standard InChI is InChI=1S/C15H28N2O2.ClH/c1-11(2)10-19-14-6-7-17(9-14)15(18)12-4-3-5-13(16)8-12;/h11-14H,3-10,16H2,1-2H3;1H. The third kappa shape index (κ3) is 4.90. The average Bonchev–Trinajstić information content (AvgIpc) is 2.84. The zero-order chi connectivity index (χ0) is 13.8. The van der Waals surface area contributed by atoms with Crippen LogP contribution in [-0.2, 0) is 9.53 Å². The lowest BCUT2D eigenvalue weighted by Gasteiger charge is -2.29. The van der Waals surface area contributed by atoms with Crippen LogP contribution in [0.5, 0.6) is 0 Å². The predicted octanol–water partition coefficient (Wildman–Crippen LogP) is 2.20. The second kappa shape index (κ2) is 8.20. The van der Waals surface area contributed by atoms with E-state index in [9.17, 15) is 4.79 Å². The topological polar surface area (TPSA) is 55.6 Å². The zero-order valence-corrected chi connectivity index (χ0v) is 13.5. The maximum Gasteiger partial charge on any atom is 0.225 e. The van der Waals surface area contributed by atoms with Crippen molar-refractivity contribution in [2.75, 3.05) is 19.7 Å². The molecule has 1 saturated heterocycles. The highest BCUT2D eigenvalue weighted by molar-refractivity contribution is 5.85. The highest BCUT2D eigenvalue weighted by Gasteiger charge is 2.33. The number of hydrogen-bond acceptors (Lipinski definition) is 3. The number of nitrogens with two attached hydrogens (primary N) is 1. The van der Waals surface area contributed by atoms with Crippen molar-refractivity contribution in [3.63, 3.8) is 0 Å². The zero-order valence-electron chi connectivity index (χ0n) is 12.7. The lowest BCUT2D eigenvalue weighted by Crippen LogP contribution is -2.40. The number of rotatable bonds is 4. The molecule has 4 nitrogen and oxygen atoms in total. The molecule has 1 aliphatic carbocycles. The van der Waals surface area contributed by atoms with E-state index < -0.39 is 0 Å². The van der Waals surface area contributed by atoms with E-state index in [4.69, 9.17) is 10.5 Å². The summed E-state index contributed by atoms with van der Waals surface area (Å²) >= 11 is 0. The fourth-order valence-electron chi connectivity index (χ4n) is 3.10. The molecule has 0 radical (unpaired) electrons. The molecule has 3 unspecified atom stereocenters. The Bertz CT molecular complexity index is 312. The summed E-state index contributed by atoms with van der Waals surface area (Å²) in [4.78, 5) is 14.4. The molecule has 5 heteroatoms. The quantitative estimate of drug-likeness (QED) is 0.866. The van der Waals surface area contributed by atoms with E-state index in [2.05, 4.69) is 13.8 Å². The molecule has 3 atom stereocenters. The predicted molar refractivity (Wildman–Crippen MR) is 83.0 cm³/mol. The van der Waals surface area contributed by atoms with Crippen molar-refractivity contribution in [2.45, 2.75) is 58.1 Å². The average molecular weight is 305 g/mol. The smallest absolute Gasteiger partial charge is 0.225 e. The van der Waals surface area contributed by atoms with Crippen LogP contribution in [0.4, 0.5) is 0 Å². The summed E-state index contributed by atoms with van der Waals surface area (Å²) in [6.07, 6.45) is 5.27. The Labute approximate surface area is 128 Å². The van der Waals surface area contributed by atoms with Gasteiger partial charge in [0.25, 0.3) is 0 Å². The molecule has 1 amide bonds. The van der Waals surface area contributed by atoms with Gasteiger partial charge >= 0.3 is 0 Å². The van der Waals surface area contributed by atoms with Gasteiger partial charge in [-0.25, -0.2) is 0 Å². The van der Waals surface area contributed by atoms with E-state index in [1.807, 2.05) is 4.90 Å². The Balaban J connectivity index is 0.00000200. The van der Waals surface area contributed by atoms with E-state index in [1.165, 1.54) is 0 Å². The lowest BCUT2D eigenvalue weighted by atomic mass is 9.85. The van der Waals surface area contributed by atoms with E-state index in [0.717, 1.165) is 51.8 Å². The summed E-state index contributed by atoms with van der Waals surface area (Å²) in [6, 6.07) is 0.221. The number of nitrogens with zero attached hydrogens (tertiary/aromatic N) is 1. The van der Waals surface area contributed by atoms with Crippen LogP contribution in [0.25, 0.3) is 0 Å². The highest BCUT2D eigenvalue weighted by atomic mass is 35.5. The van der Waals surface area contributed by atoms with Crippen LogP contribution in [-0.4, -0.2) is 42.6 Å². The Kier molecular flexibility index (Phi) is 7.27. The molecule has 1 saturated carbocycles. The molecule has 0 aromatic heterocycles. The molecular formula is C15H29ClN2O2. The summed E-state index contributed by atoms with van der Waals surface area (Å²) < 4.78 is 5.83. The van der Waals surface area contributed by atoms with Crippen molar-refractivity contribution in [2.24, 2.45) is 17.6 Å². The molecule has 20 heavy (non-hydrogen) atoms. The van der Waals surface area contributed by atoms with Gasteiger partial charge in [-0.3, -0.25) is 4.79 Å². The minimum absolute atomic E-state index is 0. The van der Waals surface area contributed by atoms with Gasteiger partial charge in [0.15, 0.2) is 0 Å². The number of carbonyl (C=O) groups excluding carboxylic acids is 1. The SMILES string of the molecule is CC(C)COC1CCN(C(=O)C2CCCC(N)C2)C1.Cl. The van der Waals surface area contributed by atoms with Gasteiger partial charge in [0.2, 0.25) is 5.91 Å². The normalized spacial score (nSPS) is 30.4. The Hall–Kier alpha value is -0.320. The monoisotopic (exact) mass is 304 g/mol. The van der Waals surface area contributed by atoms with Crippen LogP contribution in [0, 0.1) is 11.8 Å². The molecule has 2 rings (SSSR count). The minimum Gasteiger partial charge on any atom is -0.376 e. The third-order valence-corrected chi connectivity index (χ3v) is 4.19. The third-order valence-electron chi connectivity index (χ3n) is 4.19. The molecule has 1 heterocycles. The van der Waals surface area contributed by atoms with Gasteiger partial charge < -0.3 is 15.4 Å². The summed E-state index contributed by atoms with van der Waals surface area (Å²) in [6.45, 7) is 6.73. The first kappa shape index (κ1) is 17.7. The second-order valence-electron chi connectivity index (χ2n) is 6.55. The largest absolute Gasteiger partial charge is 0.376 e. The van der Waals surface area contributed by atoms with Crippen LogP contribution in [0.3, 0.4) is 0 Å². The van der Waals surface area contributed by atoms with Gasteiger partial charge in [-0.2, -0.15) is 0 Å². The number of likely N-dealkylation sites (tertiary alicyclic amines) is 1. The number of halogens is 1. The molecule has 0 bridgehead atoms. The minimum atomic E-state index is 0. The summed E-state index contributed by atoms with van der Waals surface area (Å²) in [5.74, 6) is 1.03. The van der Waals surface area contributed by atoms with Crippen molar-refractivity contribution < 1.29 is 9.53 Å². The number of carbonyl (C=O) groups is 1. The van der Waals surface area contributed by atoms with Crippen LogP contribution < -0.4 is 5.73 Å². The molecule has 0 aromatic carbocycles. The van der Waals surface area contributed by atoms with Gasteiger partial charge in [-0.15, -0.1) is 12.4 Å². The molecule has 0 spiro atoms. The van der Waals surface area contributed by atoms with Crippen molar-refractivity contribution >= 4 is 18.3 Å². The van der Waals surface area contributed by atoms with Crippen molar-refractivity contribution in [1.29, 1.82) is 0 Å². The fraction of sp³-hybridized carbons (Fsp3) is 0.933. The Morgan fingerprint density at radius 3 is 2.75 bits per heavy atom. The summed E-state index contributed by atoms with van der Waals surface area (Å²) in [7, 11) is 0. The van der Waals surface area contributed by atoms with Crippen LogP contribution >= 0.6 is 12.4 Å². The van der Waals surface area contributed by atoms with Crippen LogP contribution in [0.1, 0.15) is 46.0 Å². The van der Waals surface area contributed by atoms with Crippen molar-refractivity contribution in [1.82, 2.24) is 4.90 Å². The first-order valence-electron chi connectivity index (χ1n) is 7.72. The Morgan fingerprint density at radius 2 is 2.10 bits per heavy atom. The van der Waals surface area contributed by atoms with Crippen LogP contribution in [0.15, 0.2) is 0 Å². The van der Waals surface area contributed by atoms with Crippen molar-refractivity contribution in [3.8, 4) is 0 Å². The number of hydrogen-bond donors (Lipinski definition) is 1. The van der Waals surface area contributed by atoms with E-state index in [-0.39, 0.29) is 30.5 Å². The van der Waals surface area contributed by atoms with E-state index in [1.54, 1.807) is 0 Å².